The minimum Gasteiger partial charge on any atom is -0.507 e. The van der Waals surface area contributed by atoms with Crippen molar-refractivity contribution < 1.29 is 24.1 Å². The number of carbonyl (C=O) groups excluding carboxylic acids is 1. The third-order valence-corrected chi connectivity index (χ3v) is 4.91. The van der Waals surface area contributed by atoms with E-state index in [1.165, 1.54) is 23.8 Å². The number of aromatic nitrogens is 3. The third kappa shape index (κ3) is 5.28. The van der Waals surface area contributed by atoms with Crippen LogP contribution in [0.2, 0.25) is 0 Å². The van der Waals surface area contributed by atoms with E-state index in [9.17, 15) is 14.7 Å². The van der Waals surface area contributed by atoms with E-state index < -0.39 is 11.8 Å². The number of ether oxygens (including phenoxy) is 3. The quantitative estimate of drug-likeness (QED) is 0.282. The fourth-order valence-electron chi connectivity index (χ4n) is 3.25. The molecule has 3 aromatic rings. The largest absolute Gasteiger partial charge is 0.513 e. The SMILES string of the molecule is CCOC(=O)Oc1cc(O)c(-c2n[nH]c(=O)n2-c2cccc(C)c2N=CCC(C)C)cc1OC. The van der Waals surface area contributed by atoms with E-state index >= 15 is 0 Å². The van der Waals surface area contributed by atoms with E-state index in [0.29, 0.717) is 17.3 Å². The van der Waals surface area contributed by atoms with E-state index in [2.05, 4.69) is 29.0 Å². The average Bonchev–Trinajstić information content (AvgIpc) is 3.16. The van der Waals surface area contributed by atoms with Gasteiger partial charge >= 0.3 is 11.8 Å². The van der Waals surface area contributed by atoms with Crippen molar-refractivity contribution in [3.05, 3.63) is 46.4 Å². The summed E-state index contributed by atoms with van der Waals surface area (Å²) in [7, 11) is 1.38. The van der Waals surface area contributed by atoms with Crippen LogP contribution in [0.1, 0.15) is 32.8 Å². The van der Waals surface area contributed by atoms with Gasteiger partial charge in [0.25, 0.3) is 0 Å². The highest BCUT2D eigenvalue weighted by molar-refractivity contribution is 5.76. The van der Waals surface area contributed by atoms with Crippen LogP contribution in [0.25, 0.3) is 17.1 Å². The Labute approximate surface area is 196 Å². The second-order valence-electron chi connectivity index (χ2n) is 7.88. The molecule has 10 nitrogen and oxygen atoms in total. The van der Waals surface area contributed by atoms with Gasteiger partial charge < -0.3 is 19.3 Å². The molecule has 0 unspecified atom stereocenters. The first-order valence-corrected chi connectivity index (χ1v) is 10.8. The lowest BCUT2D eigenvalue weighted by Crippen LogP contribution is -2.16. The van der Waals surface area contributed by atoms with Crippen molar-refractivity contribution in [3.63, 3.8) is 0 Å². The molecule has 0 amide bonds. The molecule has 0 aliphatic heterocycles. The number of aryl methyl sites for hydroxylation is 1. The number of aromatic amines is 1. The highest BCUT2D eigenvalue weighted by Gasteiger charge is 2.22. The number of rotatable bonds is 8. The summed E-state index contributed by atoms with van der Waals surface area (Å²) in [5.41, 5.74) is 1.66. The van der Waals surface area contributed by atoms with Crippen LogP contribution >= 0.6 is 0 Å². The summed E-state index contributed by atoms with van der Waals surface area (Å²) >= 11 is 0. The lowest BCUT2D eigenvalue weighted by molar-refractivity contribution is 0.103. The molecule has 2 aromatic carbocycles. The van der Waals surface area contributed by atoms with Gasteiger partial charge in [0.05, 0.1) is 30.7 Å². The Morgan fingerprint density at radius 3 is 2.74 bits per heavy atom. The maximum Gasteiger partial charge on any atom is 0.513 e. The molecule has 34 heavy (non-hydrogen) atoms. The second-order valence-corrected chi connectivity index (χ2v) is 7.88. The lowest BCUT2D eigenvalue weighted by Gasteiger charge is -2.14. The van der Waals surface area contributed by atoms with Crippen LogP contribution in [-0.2, 0) is 4.74 Å². The fraction of sp³-hybridized carbons (Fsp3) is 0.333. The van der Waals surface area contributed by atoms with Crippen molar-refractivity contribution in [1.82, 2.24) is 14.8 Å². The first kappa shape index (κ1) is 24.6. The number of nitrogens with zero attached hydrogens (tertiary/aromatic N) is 3. The van der Waals surface area contributed by atoms with Gasteiger partial charge in [-0.1, -0.05) is 26.0 Å². The number of benzene rings is 2. The van der Waals surface area contributed by atoms with Crippen molar-refractivity contribution >= 4 is 18.1 Å². The summed E-state index contributed by atoms with van der Waals surface area (Å²) in [6, 6.07) is 8.09. The van der Waals surface area contributed by atoms with Crippen molar-refractivity contribution in [1.29, 1.82) is 0 Å². The van der Waals surface area contributed by atoms with Gasteiger partial charge in [0, 0.05) is 12.3 Å². The normalized spacial score (nSPS) is 11.2. The number of phenolic OH excluding ortho intramolecular Hbond substituents is 1. The molecule has 0 radical (unpaired) electrons. The Kier molecular flexibility index (Phi) is 7.72. The smallest absolute Gasteiger partial charge is 0.507 e. The molecule has 0 spiro atoms. The fourth-order valence-corrected chi connectivity index (χ4v) is 3.25. The minimum absolute atomic E-state index is 0.0406. The number of H-pyrrole nitrogens is 1. The summed E-state index contributed by atoms with van der Waals surface area (Å²) < 4.78 is 16.5. The molecule has 3 rings (SSSR count). The Balaban J connectivity index is 2.14. The Morgan fingerprint density at radius 2 is 2.06 bits per heavy atom. The number of methoxy groups -OCH3 is 1. The molecule has 0 saturated carbocycles. The second kappa shape index (κ2) is 10.7. The molecule has 0 saturated heterocycles. The zero-order valence-electron chi connectivity index (χ0n) is 19.8. The molecular weight excluding hydrogens is 440 g/mol. The number of aromatic hydroxyl groups is 1. The number of hydrogen-bond acceptors (Lipinski definition) is 8. The van der Waals surface area contributed by atoms with Crippen LogP contribution in [0, 0.1) is 12.8 Å². The van der Waals surface area contributed by atoms with Crippen LogP contribution in [0.5, 0.6) is 17.2 Å². The molecule has 0 fully saturated rings. The van der Waals surface area contributed by atoms with Crippen LogP contribution in [0.3, 0.4) is 0 Å². The van der Waals surface area contributed by atoms with Crippen molar-refractivity contribution in [3.8, 4) is 34.3 Å². The maximum atomic E-state index is 12.8. The number of hydrogen-bond donors (Lipinski definition) is 2. The zero-order chi connectivity index (χ0) is 24.8. The van der Waals surface area contributed by atoms with E-state index in [1.54, 1.807) is 13.0 Å². The van der Waals surface area contributed by atoms with Gasteiger partial charge in [0.15, 0.2) is 17.3 Å². The predicted octanol–water partition coefficient (Wildman–Crippen LogP) is 4.53. The van der Waals surface area contributed by atoms with Gasteiger partial charge in [0.2, 0.25) is 0 Å². The average molecular weight is 469 g/mol. The van der Waals surface area contributed by atoms with Crippen LogP contribution in [0.15, 0.2) is 40.1 Å². The standard InChI is InChI=1S/C24H28N4O6/c1-6-33-24(31)34-20-13-18(29)16(12-19(20)32-5)22-26-27-23(30)28(22)17-9-7-8-15(4)21(17)25-11-10-14(2)3/h7-9,11-14,29H,6,10H2,1-5H3,(H,27,30). The molecule has 180 valence electrons. The third-order valence-electron chi connectivity index (χ3n) is 4.91. The lowest BCUT2D eigenvalue weighted by atomic mass is 10.1. The summed E-state index contributed by atoms with van der Waals surface area (Å²) in [4.78, 5) is 29.1. The first-order chi connectivity index (χ1) is 16.3. The zero-order valence-corrected chi connectivity index (χ0v) is 19.8. The minimum atomic E-state index is -0.937. The van der Waals surface area contributed by atoms with Gasteiger partial charge in [-0.2, -0.15) is 5.10 Å². The van der Waals surface area contributed by atoms with Crippen LogP contribution in [0.4, 0.5) is 10.5 Å². The van der Waals surface area contributed by atoms with E-state index in [4.69, 9.17) is 14.2 Å². The van der Waals surface area contributed by atoms with Gasteiger partial charge in [0.1, 0.15) is 5.75 Å². The molecule has 10 heteroatoms. The molecular formula is C24H28N4O6. The Bertz CT molecular complexity index is 1260. The summed E-state index contributed by atoms with van der Waals surface area (Å²) in [6.45, 7) is 7.85. The molecule has 0 aliphatic carbocycles. The number of para-hydroxylation sites is 1. The molecule has 1 aromatic heterocycles. The summed E-state index contributed by atoms with van der Waals surface area (Å²) in [5.74, 6) is 0.388. The maximum absolute atomic E-state index is 12.8. The van der Waals surface area contributed by atoms with Gasteiger partial charge in [-0.15, -0.1) is 0 Å². The molecule has 1 heterocycles. The van der Waals surface area contributed by atoms with Gasteiger partial charge in [-0.25, -0.2) is 19.3 Å². The number of phenols is 1. The van der Waals surface area contributed by atoms with Crippen LogP contribution in [-0.4, -0.2) is 46.0 Å². The number of aliphatic imine (C=N–C) groups is 1. The molecule has 2 N–H and O–H groups in total. The Hall–Kier alpha value is -4.08. The van der Waals surface area contributed by atoms with Gasteiger partial charge in [-0.3, -0.25) is 4.99 Å². The highest BCUT2D eigenvalue weighted by atomic mass is 16.7. The monoisotopic (exact) mass is 468 g/mol. The summed E-state index contributed by atoms with van der Waals surface area (Å²) in [5, 5.41) is 17.3. The summed E-state index contributed by atoms with van der Waals surface area (Å²) in [6.07, 6.45) is 1.66. The Morgan fingerprint density at radius 1 is 1.29 bits per heavy atom. The topological polar surface area (TPSA) is 128 Å². The highest BCUT2D eigenvalue weighted by Crippen LogP contribution is 2.40. The molecule has 0 bridgehead atoms. The van der Waals surface area contributed by atoms with E-state index in [-0.39, 0.29) is 35.2 Å². The van der Waals surface area contributed by atoms with Crippen molar-refractivity contribution in [2.24, 2.45) is 10.9 Å². The number of nitrogens with one attached hydrogen (secondary N) is 1. The molecule has 0 atom stereocenters. The first-order valence-electron chi connectivity index (χ1n) is 10.8. The van der Waals surface area contributed by atoms with Crippen molar-refractivity contribution in [2.75, 3.05) is 13.7 Å². The molecule has 0 aliphatic rings. The predicted molar refractivity (Wildman–Crippen MR) is 128 cm³/mol. The van der Waals surface area contributed by atoms with Crippen LogP contribution < -0.4 is 15.2 Å². The van der Waals surface area contributed by atoms with E-state index in [1.807, 2.05) is 25.3 Å². The van der Waals surface area contributed by atoms with Gasteiger partial charge in [-0.05, 0) is 43.9 Å². The van der Waals surface area contributed by atoms with E-state index in [0.717, 1.165) is 12.0 Å². The van der Waals surface area contributed by atoms with Crippen molar-refractivity contribution in [2.45, 2.75) is 34.1 Å². The number of carbonyl (C=O) groups is 1.